The number of hydrogen-bond donors (Lipinski definition) is 0. The summed E-state index contributed by atoms with van der Waals surface area (Å²) in [6, 6.07) is 2.06. The molecule has 1 saturated heterocycles. The second kappa shape index (κ2) is 5.61. The van der Waals surface area contributed by atoms with Gasteiger partial charge in [-0.05, 0) is 19.3 Å². The number of carbonyl (C=O) groups is 1. The zero-order chi connectivity index (χ0) is 10.4. The predicted octanol–water partition coefficient (Wildman–Crippen LogP) is 0.928. The van der Waals surface area contributed by atoms with Crippen molar-refractivity contribution in [2.24, 2.45) is 0 Å². The molecule has 0 saturated carbocycles. The van der Waals surface area contributed by atoms with E-state index in [1.165, 1.54) is 0 Å². The average molecular weight is 196 g/mol. The van der Waals surface area contributed by atoms with Gasteiger partial charge in [-0.1, -0.05) is 0 Å². The molecular weight excluding hydrogens is 180 g/mol. The minimum Gasteiger partial charge on any atom is -0.368 e. The van der Waals surface area contributed by atoms with Crippen LogP contribution in [0.4, 0.5) is 0 Å². The molecule has 14 heavy (non-hydrogen) atoms. The summed E-state index contributed by atoms with van der Waals surface area (Å²) in [6.07, 6.45) is 2.82. The van der Waals surface area contributed by atoms with Crippen LogP contribution in [0.1, 0.15) is 25.7 Å². The van der Waals surface area contributed by atoms with Crippen molar-refractivity contribution in [2.45, 2.75) is 31.8 Å². The fourth-order valence-electron chi connectivity index (χ4n) is 1.52. The molecule has 1 amide bonds. The van der Waals surface area contributed by atoms with Crippen molar-refractivity contribution in [2.75, 3.05) is 20.2 Å². The molecular formula is C10H16N2O2. The predicted molar refractivity (Wildman–Crippen MR) is 51.5 cm³/mol. The van der Waals surface area contributed by atoms with Crippen LogP contribution >= 0.6 is 0 Å². The van der Waals surface area contributed by atoms with Crippen LogP contribution in [0.5, 0.6) is 0 Å². The van der Waals surface area contributed by atoms with Crippen LogP contribution in [0.25, 0.3) is 0 Å². The molecule has 1 rings (SSSR count). The van der Waals surface area contributed by atoms with E-state index in [2.05, 4.69) is 6.07 Å². The second-order valence-electron chi connectivity index (χ2n) is 3.52. The highest BCUT2D eigenvalue weighted by molar-refractivity contribution is 5.80. The first kappa shape index (κ1) is 11.0. The lowest BCUT2D eigenvalue weighted by Crippen LogP contribution is -2.36. The third kappa shape index (κ3) is 3.00. The first-order valence-corrected chi connectivity index (χ1v) is 4.99. The van der Waals surface area contributed by atoms with Crippen LogP contribution in [0.2, 0.25) is 0 Å². The molecule has 0 N–H and O–H groups in total. The van der Waals surface area contributed by atoms with E-state index in [1.54, 1.807) is 11.9 Å². The van der Waals surface area contributed by atoms with Gasteiger partial charge < -0.3 is 9.64 Å². The maximum absolute atomic E-state index is 11.7. The van der Waals surface area contributed by atoms with Crippen LogP contribution in [0, 0.1) is 11.3 Å². The number of likely N-dealkylation sites (N-methyl/N-ethyl adjacent to an activating group) is 1. The normalized spacial score (nSPS) is 20.4. The highest BCUT2D eigenvalue weighted by atomic mass is 16.5. The Bertz CT molecular complexity index is 229. The van der Waals surface area contributed by atoms with Gasteiger partial charge in [-0.2, -0.15) is 5.26 Å². The van der Waals surface area contributed by atoms with Crippen LogP contribution in [-0.4, -0.2) is 37.1 Å². The van der Waals surface area contributed by atoms with Crippen LogP contribution in [-0.2, 0) is 9.53 Å². The van der Waals surface area contributed by atoms with E-state index in [-0.39, 0.29) is 12.0 Å². The molecule has 0 aromatic carbocycles. The molecule has 4 heteroatoms. The molecule has 1 aliphatic heterocycles. The number of hydrogen-bond acceptors (Lipinski definition) is 3. The molecule has 0 aromatic rings. The van der Waals surface area contributed by atoms with Gasteiger partial charge in [0.05, 0.1) is 6.07 Å². The van der Waals surface area contributed by atoms with E-state index in [0.717, 1.165) is 19.3 Å². The van der Waals surface area contributed by atoms with Crippen molar-refractivity contribution < 1.29 is 9.53 Å². The van der Waals surface area contributed by atoms with Gasteiger partial charge in [-0.3, -0.25) is 4.79 Å². The molecule has 0 bridgehead atoms. The monoisotopic (exact) mass is 196 g/mol. The average Bonchev–Trinajstić information content (AvgIpc) is 2.69. The topological polar surface area (TPSA) is 53.3 Å². The molecule has 0 aromatic heterocycles. The summed E-state index contributed by atoms with van der Waals surface area (Å²) in [6.45, 7) is 1.34. The minimum atomic E-state index is -0.234. The summed E-state index contributed by atoms with van der Waals surface area (Å²) in [7, 11) is 1.77. The lowest BCUT2D eigenvalue weighted by atomic mass is 10.2. The number of rotatable bonds is 4. The zero-order valence-electron chi connectivity index (χ0n) is 8.53. The molecule has 0 unspecified atom stereocenters. The fraction of sp³-hybridized carbons (Fsp3) is 0.800. The number of unbranched alkanes of at least 4 members (excludes halogenated alkanes) is 1. The number of ether oxygens (including phenoxy) is 1. The quantitative estimate of drug-likeness (QED) is 0.628. The molecule has 4 nitrogen and oxygen atoms in total. The van der Waals surface area contributed by atoms with Crippen molar-refractivity contribution in [1.82, 2.24) is 4.90 Å². The smallest absolute Gasteiger partial charge is 0.251 e. The van der Waals surface area contributed by atoms with E-state index in [0.29, 0.717) is 19.6 Å². The number of nitriles is 1. The van der Waals surface area contributed by atoms with Gasteiger partial charge in [0.1, 0.15) is 6.10 Å². The lowest BCUT2D eigenvalue weighted by molar-refractivity contribution is -0.139. The molecule has 1 aliphatic rings. The maximum atomic E-state index is 11.7. The Morgan fingerprint density at radius 1 is 1.71 bits per heavy atom. The third-order valence-corrected chi connectivity index (χ3v) is 2.36. The first-order valence-electron chi connectivity index (χ1n) is 4.99. The van der Waals surface area contributed by atoms with Crippen molar-refractivity contribution in [3.05, 3.63) is 0 Å². The molecule has 0 aliphatic carbocycles. The van der Waals surface area contributed by atoms with Gasteiger partial charge >= 0.3 is 0 Å². The zero-order valence-corrected chi connectivity index (χ0v) is 8.53. The number of nitrogens with zero attached hydrogens (tertiary/aromatic N) is 2. The van der Waals surface area contributed by atoms with Crippen molar-refractivity contribution >= 4 is 5.91 Å². The standard InChI is InChI=1S/C10H16N2O2/c1-12(7-3-2-6-11)10(13)9-5-4-8-14-9/h9H,2-5,7-8H2,1H3/t9-/m0/s1. The summed E-state index contributed by atoms with van der Waals surface area (Å²) in [4.78, 5) is 13.3. The van der Waals surface area contributed by atoms with Gasteiger partial charge in [0, 0.05) is 26.6 Å². The van der Waals surface area contributed by atoms with Gasteiger partial charge in [0.15, 0.2) is 0 Å². The lowest BCUT2D eigenvalue weighted by Gasteiger charge is -2.19. The molecule has 0 radical (unpaired) electrons. The largest absolute Gasteiger partial charge is 0.368 e. The highest BCUT2D eigenvalue weighted by Gasteiger charge is 2.25. The van der Waals surface area contributed by atoms with Crippen LogP contribution in [0.3, 0.4) is 0 Å². The SMILES string of the molecule is CN(CCCC#N)C(=O)[C@@H]1CCCO1. The Morgan fingerprint density at radius 2 is 2.50 bits per heavy atom. The Kier molecular flexibility index (Phi) is 4.41. The molecule has 1 heterocycles. The van der Waals surface area contributed by atoms with Crippen LogP contribution in [0.15, 0.2) is 0 Å². The number of amides is 1. The van der Waals surface area contributed by atoms with Gasteiger partial charge in [0.25, 0.3) is 5.91 Å². The third-order valence-electron chi connectivity index (χ3n) is 2.36. The first-order chi connectivity index (χ1) is 6.75. The summed E-state index contributed by atoms with van der Waals surface area (Å²) in [5.41, 5.74) is 0. The maximum Gasteiger partial charge on any atom is 0.251 e. The summed E-state index contributed by atoms with van der Waals surface area (Å²) >= 11 is 0. The Hall–Kier alpha value is -1.08. The Balaban J connectivity index is 2.25. The fourth-order valence-corrected chi connectivity index (χ4v) is 1.52. The minimum absolute atomic E-state index is 0.0560. The van der Waals surface area contributed by atoms with E-state index >= 15 is 0 Å². The molecule has 0 spiro atoms. The van der Waals surface area contributed by atoms with Gasteiger partial charge in [-0.15, -0.1) is 0 Å². The second-order valence-corrected chi connectivity index (χ2v) is 3.52. The van der Waals surface area contributed by atoms with Gasteiger partial charge in [-0.25, -0.2) is 0 Å². The van der Waals surface area contributed by atoms with E-state index in [4.69, 9.17) is 10.00 Å². The number of carbonyl (C=O) groups excluding carboxylic acids is 1. The Labute approximate surface area is 84.4 Å². The summed E-state index contributed by atoms with van der Waals surface area (Å²) in [5, 5.41) is 8.35. The van der Waals surface area contributed by atoms with Gasteiger partial charge in [0.2, 0.25) is 0 Å². The molecule has 1 atom stereocenters. The van der Waals surface area contributed by atoms with E-state index < -0.39 is 0 Å². The molecule has 1 fully saturated rings. The summed E-state index contributed by atoms with van der Waals surface area (Å²) in [5.74, 6) is 0.0560. The summed E-state index contributed by atoms with van der Waals surface area (Å²) < 4.78 is 5.29. The van der Waals surface area contributed by atoms with Crippen LogP contribution < -0.4 is 0 Å². The Morgan fingerprint density at radius 3 is 3.07 bits per heavy atom. The molecule has 78 valence electrons. The van der Waals surface area contributed by atoms with E-state index in [1.807, 2.05) is 0 Å². The highest BCUT2D eigenvalue weighted by Crippen LogP contribution is 2.14. The van der Waals surface area contributed by atoms with Crippen molar-refractivity contribution in [1.29, 1.82) is 5.26 Å². The van der Waals surface area contributed by atoms with Crippen molar-refractivity contribution in [3.8, 4) is 6.07 Å². The van der Waals surface area contributed by atoms with E-state index in [9.17, 15) is 4.79 Å². The van der Waals surface area contributed by atoms with Crippen molar-refractivity contribution in [3.63, 3.8) is 0 Å².